The SMILES string of the molecule is CC(=NC1=CC=CC1[C@@H](C[C@@H](C)C1C=CC=C1)N(C)C)c1ccccc1. The average Bonchev–Trinajstić information content (AvgIpc) is 3.32. The van der Waals surface area contributed by atoms with E-state index in [0.29, 0.717) is 23.8 Å². The fourth-order valence-electron chi connectivity index (χ4n) is 3.90. The Labute approximate surface area is 158 Å². The Kier molecular flexibility index (Phi) is 6.05. The van der Waals surface area contributed by atoms with Crippen LogP contribution in [0.2, 0.25) is 0 Å². The van der Waals surface area contributed by atoms with Gasteiger partial charge in [0.15, 0.2) is 0 Å². The second-order valence-corrected chi connectivity index (χ2v) is 7.66. The van der Waals surface area contributed by atoms with Crippen molar-refractivity contribution >= 4 is 5.71 Å². The van der Waals surface area contributed by atoms with Crippen molar-refractivity contribution in [2.24, 2.45) is 22.7 Å². The summed E-state index contributed by atoms with van der Waals surface area (Å²) >= 11 is 0. The first-order chi connectivity index (χ1) is 12.6. The first-order valence-corrected chi connectivity index (χ1v) is 9.57. The van der Waals surface area contributed by atoms with Gasteiger partial charge in [0, 0.05) is 23.4 Å². The lowest BCUT2D eigenvalue weighted by molar-refractivity contribution is 0.208. The molecule has 2 nitrogen and oxygen atoms in total. The molecule has 3 rings (SSSR count). The van der Waals surface area contributed by atoms with Crippen LogP contribution in [0.15, 0.2) is 83.6 Å². The van der Waals surface area contributed by atoms with Gasteiger partial charge < -0.3 is 4.90 Å². The predicted octanol–water partition coefficient (Wildman–Crippen LogP) is 5.26. The van der Waals surface area contributed by atoms with Gasteiger partial charge in [0.25, 0.3) is 0 Å². The minimum Gasteiger partial charge on any atom is -0.305 e. The quantitative estimate of drug-likeness (QED) is 0.615. The standard InChI is InChI=1S/C24H30N2/c1-18(20-11-8-9-12-20)17-24(26(3)4)22-15-10-16-23(22)25-19(2)21-13-6-5-7-14-21/h5-16,18,20,22,24H,17H2,1-4H3/t18-,22?,24-/m1/s1. The van der Waals surface area contributed by atoms with Gasteiger partial charge in [-0.25, -0.2) is 0 Å². The van der Waals surface area contributed by atoms with Gasteiger partial charge in [-0.15, -0.1) is 0 Å². The molecule has 136 valence electrons. The molecular weight excluding hydrogens is 316 g/mol. The Balaban J connectivity index is 1.76. The topological polar surface area (TPSA) is 15.6 Å². The van der Waals surface area contributed by atoms with Gasteiger partial charge in [-0.2, -0.15) is 0 Å². The van der Waals surface area contributed by atoms with E-state index in [0.717, 1.165) is 12.1 Å². The third-order valence-electron chi connectivity index (χ3n) is 5.54. The molecule has 0 amide bonds. The monoisotopic (exact) mass is 346 g/mol. The van der Waals surface area contributed by atoms with Gasteiger partial charge >= 0.3 is 0 Å². The maximum Gasteiger partial charge on any atom is 0.0491 e. The highest BCUT2D eigenvalue weighted by atomic mass is 15.1. The smallest absolute Gasteiger partial charge is 0.0491 e. The van der Waals surface area contributed by atoms with Crippen LogP contribution < -0.4 is 0 Å². The van der Waals surface area contributed by atoms with Crippen LogP contribution >= 0.6 is 0 Å². The molecule has 0 aromatic heterocycles. The van der Waals surface area contributed by atoms with Crippen molar-refractivity contribution in [3.05, 3.63) is 84.1 Å². The average molecular weight is 347 g/mol. The Bertz CT molecular complexity index is 738. The third-order valence-corrected chi connectivity index (χ3v) is 5.54. The summed E-state index contributed by atoms with van der Waals surface area (Å²) in [5.41, 5.74) is 3.45. The van der Waals surface area contributed by atoms with E-state index in [2.05, 4.69) is 99.6 Å². The van der Waals surface area contributed by atoms with Crippen LogP contribution in [0.1, 0.15) is 25.8 Å². The number of allylic oxidation sites excluding steroid dienone is 6. The zero-order chi connectivity index (χ0) is 18.5. The van der Waals surface area contributed by atoms with Crippen molar-refractivity contribution in [2.75, 3.05) is 14.1 Å². The predicted molar refractivity (Wildman–Crippen MR) is 112 cm³/mol. The molecule has 0 heterocycles. The van der Waals surface area contributed by atoms with E-state index < -0.39 is 0 Å². The molecule has 3 atom stereocenters. The molecule has 0 saturated carbocycles. The Morgan fingerprint density at radius 3 is 2.38 bits per heavy atom. The molecule has 0 spiro atoms. The number of aliphatic imine (C=N–C) groups is 1. The number of hydrogen-bond acceptors (Lipinski definition) is 2. The zero-order valence-electron chi connectivity index (χ0n) is 16.3. The first kappa shape index (κ1) is 18.6. The van der Waals surface area contributed by atoms with E-state index in [4.69, 9.17) is 4.99 Å². The molecule has 1 aromatic carbocycles. The van der Waals surface area contributed by atoms with Crippen LogP contribution in [0, 0.1) is 17.8 Å². The van der Waals surface area contributed by atoms with Crippen molar-refractivity contribution in [3.63, 3.8) is 0 Å². The molecule has 0 bridgehead atoms. The molecule has 2 aliphatic carbocycles. The molecule has 0 saturated heterocycles. The van der Waals surface area contributed by atoms with E-state index in [9.17, 15) is 0 Å². The van der Waals surface area contributed by atoms with Crippen LogP contribution in [0.4, 0.5) is 0 Å². The summed E-state index contributed by atoms with van der Waals surface area (Å²) in [4.78, 5) is 7.36. The normalized spacial score (nSPS) is 22.3. The van der Waals surface area contributed by atoms with Gasteiger partial charge in [0.1, 0.15) is 0 Å². The molecule has 0 fully saturated rings. The second-order valence-electron chi connectivity index (χ2n) is 7.66. The maximum atomic E-state index is 5.00. The van der Waals surface area contributed by atoms with Gasteiger partial charge in [0.05, 0.1) is 0 Å². The Morgan fingerprint density at radius 2 is 1.73 bits per heavy atom. The fourth-order valence-corrected chi connectivity index (χ4v) is 3.90. The number of benzene rings is 1. The molecule has 26 heavy (non-hydrogen) atoms. The van der Waals surface area contributed by atoms with E-state index in [1.54, 1.807) is 0 Å². The van der Waals surface area contributed by atoms with E-state index in [1.807, 2.05) is 6.07 Å². The molecular formula is C24H30N2. The van der Waals surface area contributed by atoms with Gasteiger partial charge in [-0.1, -0.05) is 73.7 Å². The zero-order valence-corrected chi connectivity index (χ0v) is 16.3. The van der Waals surface area contributed by atoms with Crippen LogP contribution in [-0.2, 0) is 0 Å². The third kappa shape index (κ3) is 4.31. The van der Waals surface area contributed by atoms with Crippen molar-refractivity contribution in [1.82, 2.24) is 4.90 Å². The lowest BCUT2D eigenvalue weighted by Crippen LogP contribution is -2.37. The lowest BCUT2D eigenvalue weighted by atomic mass is 9.84. The number of rotatable bonds is 7. The molecule has 2 aliphatic rings. The first-order valence-electron chi connectivity index (χ1n) is 9.57. The van der Waals surface area contributed by atoms with Crippen molar-refractivity contribution in [1.29, 1.82) is 0 Å². The minimum atomic E-state index is 0.348. The summed E-state index contributed by atoms with van der Waals surface area (Å²) in [5.74, 6) is 1.53. The summed E-state index contributed by atoms with van der Waals surface area (Å²) < 4.78 is 0. The van der Waals surface area contributed by atoms with E-state index in [1.165, 1.54) is 11.3 Å². The highest BCUT2D eigenvalue weighted by Crippen LogP contribution is 2.33. The Morgan fingerprint density at radius 1 is 1.04 bits per heavy atom. The molecule has 0 N–H and O–H groups in total. The largest absolute Gasteiger partial charge is 0.305 e. The molecule has 1 aromatic rings. The lowest BCUT2D eigenvalue weighted by Gasteiger charge is -2.33. The van der Waals surface area contributed by atoms with Crippen LogP contribution in [0.3, 0.4) is 0 Å². The van der Waals surface area contributed by atoms with Gasteiger partial charge in [-0.3, -0.25) is 4.99 Å². The molecule has 0 radical (unpaired) electrons. The summed E-state index contributed by atoms with van der Waals surface area (Å²) in [6.07, 6.45) is 16.8. The summed E-state index contributed by atoms with van der Waals surface area (Å²) in [7, 11) is 4.38. The summed E-state index contributed by atoms with van der Waals surface area (Å²) in [6.45, 7) is 4.47. The van der Waals surface area contributed by atoms with Crippen LogP contribution in [0.5, 0.6) is 0 Å². The maximum absolute atomic E-state index is 5.00. The van der Waals surface area contributed by atoms with Crippen molar-refractivity contribution in [3.8, 4) is 0 Å². The molecule has 0 aliphatic heterocycles. The summed E-state index contributed by atoms with van der Waals surface area (Å²) in [6, 6.07) is 10.9. The van der Waals surface area contributed by atoms with Crippen LogP contribution in [0.25, 0.3) is 0 Å². The van der Waals surface area contributed by atoms with Gasteiger partial charge in [0.2, 0.25) is 0 Å². The minimum absolute atomic E-state index is 0.348. The van der Waals surface area contributed by atoms with Gasteiger partial charge in [-0.05, 0) is 50.9 Å². The Hall–Kier alpha value is -2.19. The van der Waals surface area contributed by atoms with E-state index in [-0.39, 0.29) is 0 Å². The van der Waals surface area contributed by atoms with Crippen molar-refractivity contribution in [2.45, 2.75) is 26.3 Å². The fraction of sp³-hybridized carbons (Fsp3) is 0.375. The molecule has 1 unspecified atom stereocenters. The van der Waals surface area contributed by atoms with Crippen LogP contribution in [-0.4, -0.2) is 30.7 Å². The number of nitrogens with zero attached hydrogens (tertiary/aromatic N) is 2. The second kappa shape index (κ2) is 8.46. The summed E-state index contributed by atoms with van der Waals surface area (Å²) in [5, 5.41) is 0. The van der Waals surface area contributed by atoms with Crippen molar-refractivity contribution < 1.29 is 0 Å². The molecule has 2 heteroatoms. The highest BCUT2D eigenvalue weighted by molar-refractivity contribution is 5.99. The number of hydrogen-bond donors (Lipinski definition) is 0. The van der Waals surface area contributed by atoms with E-state index >= 15 is 0 Å². The highest BCUT2D eigenvalue weighted by Gasteiger charge is 2.30.